The first-order valence-corrected chi connectivity index (χ1v) is 8.12. The number of nitrogens with zero attached hydrogens (tertiary/aromatic N) is 1. The van der Waals surface area contributed by atoms with Gasteiger partial charge in [0.15, 0.2) is 0 Å². The van der Waals surface area contributed by atoms with Crippen LogP contribution in [-0.4, -0.2) is 48.1 Å². The van der Waals surface area contributed by atoms with Crippen molar-refractivity contribution in [3.05, 3.63) is 11.3 Å². The van der Waals surface area contributed by atoms with Crippen LogP contribution in [0.15, 0.2) is 11.3 Å². The molecule has 140 valence electrons. The number of carbonyl (C=O) groups is 3. The maximum absolute atomic E-state index is 14.0. The second-order valence-corrected chi connectivity index (χ2v) is 6.27. The number of hydrogen-bond acceptors (Lipinski definition) is 4. The number of hydrogen-bond donors (Lipinski definition) is 1. The number of ether oxygens (including phenoxy) is 1. The van der Waals surface area contributed by atoms with Crippen LogP contribution < -0.4 is 5.32 Å². The number of allylic oxidation sites excluding steroid dienone is 1. The molecule has 0 saturated heterocycles. The third-order valence-corrected chi connectivity index (χ3v) is 4.52. The molecule has 0 radical (unpaired) electrons. The second-order valence-electron chi connectivity index (χ2n) is 6.27. The number of halogens is 3. The van der Waals surface area contributed by atoms with E-state index >= 15 is 0 Å². The molecule has 0 aromatic heterocycles. The summed E-state index contributed by atoms with van der Waals surface area (Å²) in [6, 6.07) is 0. The van der Waals surface area contributed by atoms with Crippen LogP contribution in [0.4, 0.5) is 13.2 Å². The van der Waals surface area contributed by atoms with E-state index in [1.165, 1.54) is 6.92 Å². The lowest BCUT2D eigenvalue weighted by Gasteiger charge is -2.33. The van der Waals surface area contributed by atoms with E-state index in [9.17, 15) is 27.6 Å². The molecule has 2 rings (SSSR count). The molecular formula is C16H21F3N2O4. The highest BCUT2D eigenvalue weighted by Crippen LogP contribution is 2.46. The molecule has 1 aliphatic carbocycles. The van der Waals surface area contributed by atoms with Gasteiger partial charge in [-0.3, -0.25) is 9.59 Å². The Hall–Kier alpha value is -2.06. The number of amides is 2. The van der Waals surface area contributed by atoms with E-state index < -0.39 is 41.0 Å². The molecule has 0 aromatic carbocycles. The molecule has 6 nitrogen and oxygen atoms in total. The fourth-order valence-electron chi connectivity index (χ4n) is 2.94. The highest BCUT2D eigenvalue weighted by molar-refractivity contribution is 6.10. The van der Waals surface area contributed by atoms with Crippen molar-refractivity contribution in [2.45, 2.75) is 51.2 Å². The largest absolute Gasteiger partial charge is 0.466 e. The lowest BCUT2D eigenvalue weighted by molar-refractivity contribution is -0.196. The maximum atomic E-state index is 14.0. The van der Waals surface area contributed by atoms with Crippen molar-refractivity contribution >= 4 is 17.8 Å². The highest BCUT2D eigenvalue weighted by atomic mass is 19.4. The SMILES string of the molecule is CCCCN1C(=O)[C@](NC(=O)C2CC2)(C(F)(F)F)C(C(=O)OC)=C1C. The first-order chi connectivity index (χ1) is 11.6. The van der Waals surface area contributed by atoms with E-state index in [0.717, 1.165) is 12.0 Å². The van der Waals surface area contributed by atoms with Crippen LogP contribution in [-0.2, 0) is 19.1 Å². The van der Waals surface area contributed by atoms with Crippen LogP contribution >= 0.6 is 0 Å². The summed E-state index contributed by atoms with van der Waals surface area (Å²) in [5.74, 6) is -4.08. The number of carbonyl (C=O) groups excluding carboxylic acids is 3. The van der Waals surface area contributed by atoms with Crippen LogP contribution in [0.5, 0.6) is 0 Å². The zero-order valence-electron chi connectivity index (χ0n) is 14.3. The van der Waals surface area contributed by atoms with Crippen molar-refractivity contribution in [3.8, 4) is 0 Å². The van der Waals surface area contributed by atoms with Gasteiger partial charge in [-0.15, -0.1) is 0 Å². The topological polar surface area (TPSA) is 75.7 Å². The summed E-state index contributed by atoms with van der Waals surface area (Å²) < 4.78 is 46.6. The zero-order valence-corrected chi connectivity index (χ0v) is 14.3. The predicted octanol–water partition coefficient (Wildman–Crippen LogP) is 1.90. The van der Waals surface area contributed by atoms with Crippen molar-refractivity contribution in [1.29, 1.82) is 0 Å². The third kappa shape index (κ3) is 3.11. The molecular weight excluding hydrogens is 341 g/mol. The van der Waals surface area contributed by atoms with Gasteiger partial charge in [-0.1, -0.05) is 13.3 Å². The molecule has 1 N–H and O–H groups in total. The average Bonchev–Trinajstić information content (AvgIpc) is 3.34. The molecule has 0 bridgehead atoms. The molecule has 1 saturated carbocycles. The summed E-state index contributed by atoms with van der Waals surface area (Å²) in [6.07, 6.45) is -3.14. The Balaban J connectivity index is 2.58. The number of nitrogens with one attached hydrogen (secondary N) is 1. The number of unbranched alkanes of at least 4 members (excludes halogenated alkanes) is 1. The molecule has 2 aliphatic rings. The summed E-state index contributed by atoms with van der Waals surface area (Å²) in [5.41, 5.74) is -4.39. The Morgan fingerprint density at radius 2 is 1.96 bits per heavy atom. The highest BCUT2D eigenvalue weighted by Gasteiger charge is 2.71. The molecule has 1 aliphatic heterocycles. The van der Waals surface area contributed by atoms with Gasteiger partial charge in [0.1, 0.15) is 5.57 Å². The quantitative estimate of drug-likeness (QED) is 0.733. The Bertz CT molecular complexity index is 625. The Kier molecular flexibility index (Phi) is 5.15. The Morgan fingerprint density at radius 1 is 1.36 bits per heavy atom. The summed E-state index contributed by atoms with van der Waals surface area (Å²) in [5, 5.41) is 1.83. The second kappa shape index (κ2) is 6.68. The van der Waals surface area contributed by atoms with Gasteiger partial charge in [-0.05, 0) is 26.2 Å². The Morgan fingerprint density at radius 3 is 2.40 bits per heavy atom. The first kappa shape index (κ1) is 19.3. The van der Waals surface area contributed by atoms with Gasteiger partial charge in [-0.2, -0.15) is 13.2 Å². The molecule has 1 atom stereocenters. The summed E-state index contributed by atoms with van der Waals surface area (Å²) in [4.78, 5) is 37.8. The van der Waals surface area contributed by atoms with Gasteiger partial charge < -0.3 is 15.0 Å². The average molecular weight is 362 g/mol. The van der Waals surface area contributed by atoms with Crippen LogP contribution in [0.1, 0.15) is 39.5 Å². The molecule has 1 fully saturated rings. The fraction of sp³-hybridized carbons (Fsp3) is 0.688. The van der Waals surface area contributed by atoms with E-state index in [-0.39, 0.29) is 12.2 Å². The third-order valence-electron chi connectivity index (χ3n) is 4.52. The minimum atomic E-state index is -5.18. The fourth-order valence-corrected chi connectivity index (χ4v) is 2.94. The number of esters is 1. The van der Waals surface area contributed by atoms with Crippen molar-refractivity contribution in [2.24, 2.45) is 5.92 Å². The molecule has 1 heterocycles. The Labute approximate surface area is 143 Å². The van der Waals surface area contributed by atoms with E-state index in [1.807, 2.05) is 12.2 Å². The molecule has 25 heavy (non-hydrogen) atoms. The molecule has 0 aromatic rings. The number of rotatable bonds is 6. The lowest BCUT2D eigenvalue weighted by atomic mass is 9.89. The minimum absolute atomic E-state index is 0.0266. The normalized spacial score (nSPS) is 23.9. The standard InChI is InChI=1S/C16H21F3N2O4/c1-4-5-8-21-9(2)11(13(23)25-3)15(14(21)24,16(17,18)19)20-12(22)10-6-7-10/h10H,4-8H2,1-3H3,(H,20,22)/t15-/m0/s1. The van der Waals surface area contributed by atoms with Gasteiger partial charge in [0, 0.05) is 18.2 Å². The van der Waals surface area contributed by atoms with E-state index in [2.05, 4.69) is 4.74 Å². The van der Waals surface area contributed by atoms with Crippen molar-refractivity contribution < 1.29 is 32.3 Å². The molecule has 2 amide bonds. The smallest absolute Gasteiger partial charge is 0.425 e. The molecule has 9 heteroatoms. The van der Waals surface area contributed by atoms with Gasteiger partial charge in [0.05, 0.1) is 7.11 Å². The molecule has 0 spiro atoms. The van der Waals surface area contributed by atoms with Gasteiger partial charge in [0.25, 0.3) is 5.91 Å². The van der Waals surface area contributed by atoms with E-state index in [0.29, 0.717) is 25.7 Å². The summed E-state index contributed by atoms with van der Waals surface area (Å²) in [7, 11) is 0.936. The monoisotopic (exact) mass is 362 g/mol. The van der Waals surface area contributed by atoms with Crippen molar-refractivity contribution in [3.63, 3.8) is 0 Å². The van der Waals surface area contributed by atoms with Crippen LogP contribution in [0.2, 0.25) is 0 Å². The van der Waals surface area contributed by atoms with Gasteiger partial charge in [0.2, 0.25) is 11.4 Å². The van der Waals surface area contributed by atoms with E-state index in [1.54, 1.807) is 0 Å². The van der Waals surface area contributed by atoms with Gasteiger partial charge in [-0.25, -0.2) is 4.79 Å². The van der Waals surface area contributed by atoms with Crippen molar-refractivity contribution in [1.82, 2.24) is 10.2 Å². The zero-order chi connectivity index (χ0) is 19.0. The van der Waals surface area contributed by atoms with Crippen LogP contribution in [0, 0.1) is 5.92 Å². The summed E-state index contributed by atoms with van der Waals surface area (Å²) in [6.45, 7) is 3.11. The first-order valence-electron chi connectivity index (χ1n) is 8.12. The van der Waals surface area contributed by atoms with Crippen molar-refractivity contribution in [2.75, 3.05) is 13.7 Å². The van der Waals surface area contributed by atoms with E-state index in [4.69, 9.17) is 0 Å². The minimum Gasteiger partial charge on any atom is -0.466 e. The van der Waals surface area contributed by atoms with Gasteiger partial charge >= 0.3 is 12.1 Å². The molecule has 0 unspecified atom stereocenters. The van der Waals surface area contributed by atoms with Crippen LogP contribution in [0.3, 0.4) is 0 Å². The number of alkyl halides is 3. The van der Waals surface area contributed by atoms with Crippen LogP contribution in [0.25, 0.3) is 0 Å². The number of methoxy groups -OCH3 is 1. The maximum Gasteiger partial charge on any atom is 0.425 e. The predicted molar refractivity (Wildman–Crippen MR) is 81.0 cm³/mol. The summed E-state index contributed by atoms with van der Waals surface area (Å²) >= 11 is 0. The lowest BCUT2D eigenvalue weighted by Crippen LogP contribution is -2.66.